The van der Waals surface area contributed by atoms with E-state index in [4.69, 9.17) is 0 Å². The summed E-state index contributed by atoms with van der Waals surface area (Å²) in [6, 6.07) is 3.70. The lowest BCUT2D eigenvalue weighted by Crippen LogP contribution is -2.30. The number of aromatic nitrogens is 4. The molecule has 0 aromatic carbocycles. The number of carbonyl (C=O) groups is 1. The Kier molecular flexibility index (Phi) is 3.44. The standard InChI is InChI=1S/C11H13N5O/c1-9(10-2-4-12-5-3-10)15-11(17)6-16-8-13-7-14-16/h2-5,7-9H,6H2,1H3,(H,15,17). The molecule has 0 fully saturated rings. The van der Waals surface area contributed by atoms with E-state index in [2.05, 4.69) is 20.4 Å². The number of pyridine rings is 1. The maximum Gasteiger partial charge on any atom is 0.242 e. The number of hydrogen-bond donors (Lipinski definition) is 1. The highest BCUT2D eigenvalue weighted by molar-refractivity contribution is 5.76. The minimum Gasteiger partial charge on any atom is -0.348 e. The average molecular weight is 231 g/mol. The Morgan fingerprint density at radius 2 is 2.18 bits per heavy atom. The largest absolute Gasteiger partial charge is 0.348 e. The zero-order chi connectivity index (χ0) is 12.1. The van der Waals surface area contributed by atoms with Crippen LogP contribution in [-0.2, 0) is 11.3 Å². The van der Waals surface area contributed by atoms with Crippen molar-refractivity contribution in [3.63, 3.8) is 0 Å². The fourth-order valence-corrected chi connectivity index (χ4v) is 1.48. The highest BCUT2D eigenvalue weighted by Crippen LogP contribution is 2.09. The number of amides is 1. The van der Waals surface area contributed by atoms with Crippen LogP contribution in [0.25, 0.3) is 0 Å². The van der Waals surface area contributed by atoms with Crippen LogP contribution < -0.4 is 5.32 Å². The van der Waals surface area contributed by atoms with Gasteiger partial charge in [-0.1, -0.05) is 0 Å². The Hall–Kier alpha value is -2.24. The third-order valence-electron chi connectivity index (χ3n) is 2.36. The molecule has 2 heterocycles. The molecule has 2 rings (SSSR count). The topological polar surface area (TPSA) is 72.7 Å². The summed E-state index contributed by atoms with van der Waals surface area (Å²) in [5.41, 5.74) is 1.02. The van der Waals surface area contributed by atoms with Crippen molar-refractivity contribution in [2.24, 2.45) is 0 Å². The summed E-state index contributed by atoms with van der Waals surface area (Å²) in [4.78, 5) is 19.4. The van der Waals surface area contributed by atoms with E-state index in [9.17, 15) is 4.79 Å². The first-order valence-corrected chi connectivity index (χ1v) is 5.27. The highest BCUT2D eigenvalue weighted by atomic mass is 16.2. The SMILES string of the molecule is CC(NC(=O)Cn1cncn1)c1ccncc1. The second kappa shape index (κ2) is 5.20. The second-order valence-corrected chi connectivity index (χ2v) is 3.66. The Morgan fingerprint density at radius 3 is 2.82 bits per heavy atom. The quantitative estimate of drug-likeness (QED) is 0.834. The van der Waals surface area contributed by atoms with Crippen LogP contribution in [0.3, 0.4) is 0 Å². The van der Waals surface area contributed by atoms with Gasteiger partial charge in [0.15, 0.2) is 0 Å². The average Bonchev–Trinajstić information content (AvgIpc) is 2.82. The van der Waals surface area contributed by atoms with Gasteiger partial charge in [0.1, 0.15) is 19.2 Å². The first-order valence-electron chi connectivity index (χ1n) is 5.27. The van der Waals surface area contributed by atoms with E-state index in [0.717, 1.165) is 5.56 Å². The molecule has 0 aliphatic heterocycles. The molecule has 17 heavy (non-hydrogen) atoms. The Bertz CT molecular complexity index is 468. The van der Waals surface area contributed by atoms with Crippen molar-refractivity contribution in [3.8, 4) is 0 Å². The molecule has 0 aliphatic rings. The summed E-state index contributed by atoms with van der Waals surface area (Å²) in [6.07, 6.45) is 6.32. The van der Waals surface area contributed by atoms with Crippen LogP contribution in [0.15, 0.2) is 37.2 Å². The van der Waals surface area contributed by atoms with Gasteiger partial charge in [-0.15, -0.1) is 0 Å². The maximum absolute atomic E-state index is 11.7. The molecule has 0 saturated carbocycles. The van der Waals surface area contributed by atoms with Gasteiger partial charge in [-0.2, -0.15) is 5.10 Å². The Balaban J connectivity index is 1.91. The van der Waals surface area contributed by atoms with Crippen molar-refractivity contribution in [2.75, 3.05) is 0 Å². The van der Waals surface area contributed by atoms with E-state index in [-0.39, 0.29) is 18.5 Å². The Morgan fingerprint density at radius 1 is 1.41 bits per heavy atom. The molecule has 1 unspecified atom stereocenters. The van der Waals surface area contributed by atoms with Gasteiger partial charge in [0.2, 0.25) is 5.91 Å². The predicted octanol–water partition coefficient (Wildman–Crippen LogP) is 0.550. The molecular weight excluding hydrogens is 218 g/mol. The normalized spacial score (nSPS) is 12.1. The summed E-state index contributed by atoms with van der Waals surface area (Å²) < 4.78 is 1.48. The minimum atomic E-state index is -0.0974. The predicted molar refractivity (Wildman–Crippen MR) is 60.8 cm³/mol. The molecule has 0 aliphatic carbocycles. The van der Waals surface area contributed by atoms with E-state index in [1.54, 1.807) is 12.4 Å². The van der Waals surface area contributed by atoms with Gasteiger partial charge in [-0.25, -0.2) is 9.67 Å². The summed E-state index contributed by atoms with van der Waals surface area (Å²) in [5.74, 6) is -0.0974. The van der Waals surface area contributed by atoms with Gasteiger partial charge in [-0.3, -0.25) is 9.78 Å². The number of rotatable bonds is 4. The lowest BCUT2D eigenvalue weighted by atomic mass is 10.1. The van der Waals surface area contributed by atoms with Gasteiger partial charge in [-0.05, 0) is 24.6 Å². The molecule has 6 nitrogen and oxygen atoms in total. The number of nitrogens with one attached hydrogen (secondary N) is 1. The smallest absolute Gasteiger partial charge is 0.242 e. The van der Waals surface area contributed by atoms with E-state index in [1.165, 1.54) is 17.3 Å². The van der Waals surface area contributed by atoms with Gasteiger partial charge in [0, 0.05) is 12.4 Å². The van der Waals surface area contributed by atoms with Crippen molar-refractivity contribution >= 4 is 5.91 Å². The molecule has 1 N–H and O–H groups in total. The van der Waals surface area contributed by atoms with Gasteiger partial charge >= 0.3 is 0 Å². The maximum atomic E-state index is 11.7. The van der Waals surface area contributed by atoms with E-state index >= 15 is 0 Å². The minimum absolute atomic E-state index is 0.0472. The molecule has 6 heteroatoms. The van der Waals surface area contributed by atoms with Gasteiger partial charge in [0.25, 0.3) is 0 Å². The van der Waals surface area contributed by atoms with Crippen LogP contribution in [-0.4, -0.2) is 25.7 Å². The fourth-order valence-electron chi connectivity index (χ4n) is 1.48. The van der Waals surface area contributed by atoms with E-state index in [0.29, 0.717) is 0 Å². The number of carbonyl (C=O) groups excluding carboxylic acids is 1. The second-order valence-electron chi connectivity index (χ2n) is 3.66. The zero-order valence-electron chi connectivity index (χ0n) is 9.45. The van der Waals surface area contributed by atoms with Crippen molar-refractivity contribution in [2.45, 2.75) is 19.5 Å². The Labute approximate surface area is 98.7 Å². The summed E-state index contributed by atoms with van der Waals surface area (Å²) in [6.45, 7) is 2.10. The molecule has 88 valence electrons. The first kappa shape index (κ1) is 11.3. The number of nitrogens with zero attached hydrogens (tertiary/aromatic N) is 4. The first-order chi connectivity index (χ1) is 8.25. The molecule has 1 atom stereocenters. The zero-order valence-corrected chi connectivity index (χ0v) is 9.45. The third-order valence-corrected chi connectivity index (χ3v) is 2.36. The van der Waals surface area contributed by atoms with Crippen molar-refractivity contribution < 1.29 is 4.79 Å². The fraction of sp³-hybridized carbons (Fsp3) is 0.273. The molecule has 1 amide bonds. The summed E-state index contributed by atoms with van der Waals surface area (Å²) in [5, 5.41) is 6.75. The summed E-state index contributed by atoms with van der Waals surface area (Å²) in [7, 11) is 0. The van der Waals surface area contributed by atoms with Crippen molar-refractivity contribution in [3.05, 3.63) is 42.7 Å². The van der Waals surface area contributed by atoms with E-state index < -0.39 is 0 Å². The number of hydrogen-bond acceptors (Lipinski definition) is 4. The molecule has 2 aromatic heterocycles. The van der Waals surface area contributed by atoms with Crippen molar-refractivity contribution in [1.29, 1.82) is 0 Å². The van der Waals surface area contributed by atoms with Crippen LogP contribution in [0.2, 0.25) is 0 Å². The van der Waals surface area contributed by atoms with Crippen LogP contribution in [0.4, 0.5) is 0 Å². The van der Waals surface area contributed by atoms with Crippen LogP contribution in [0, 0.1) is 0 Å². The molecule has 2 aromatic rings. The van der Waals surface area contributed by atoms with Gasteiger partial charge < -0.3 is 5.32 Å². The highest BCUT2D eigenvalue weighted by Gasteiger charge is 2.09. The van der Waals surface area contributed by atoms with Crippen molar-refractivity contribution in [1.82, 2.24) is 25.1 Å². The molecule has 0 bridgehead atoms. The van der Waals surface area contributed by atoms with Gasteiger partial charge in [0.05, 0.1) is 6.04 Å². The molecule has 0 saturated heterocycles. The molecule has 0 spiro atoms. The van der Waals surface area contributed by atoms with Crippen LogP contribution in [0.1, 0.15) is 18.5 Å². The monoisotopic (exact) mass is 231 g/mol. The molecule has 0 radical (unpaired) electrons. The third kappa shape index (κ3) is 3.10. The lowest BCUT2D eigenvalue weighted by molar-refractivity contribution is -0.122. The molecular formula is C11H13N5O. The van der Waals surface area contributed by atoms with E-state index in [1.807, 2.05) is 19.1 Å². The summed E-state index contributed by atoms with van der Waals surface area (Å²) >= 11 is 0. The lowest BCUT2D eigenvalue weighted by Gasteiger charge is -2.13. The van der Waals surface area contributed by atoms with Crippen LogP contribution in [0.5, 0.6) is 0 Å². The van der Waals surface area contributed by atoms with Crippen LogP contribution >= 0.6 is 0 Å².